The predicted molar refractivity (Wildman–Crippen MR) is 54.4 cm³/mol. The van der Waals surface area contributed by atoms with Gasteiger partial charge < -0.3 is 4.90 Å². The summed E-state index contributed by atoms with van der Waals surface area (Å²) >= 11 is 0. The standard InChI is InChI=1S/C11H17NO/c1-9(2)10(3)11(13)12-7-5-4-6-8-12/h4-5H,6-8H2,1-3H3. The lowest BCUT2D eigenvalue weighted by Crippen LogP contribution is -2.34. The van der Waals surface area contributed by atoms with Crippen molar-refractivity contribution < 1.29 is 4.79 Å². The van der Waals surface area contributed by atoms with Crippen molar-refractivity contribution in [1.82, 2.24) is 4.90 Å². The first kappa shape index (κ1) is 10.0. The fourth-order valence-corrected chi connectivity index (χ4v) is 1.28. The molecule has 1 aliphatic rings. The third-order valence-corrected chi connectivity index (χ3v) is 2.42. The van der Waals surface area contributed by atoms with Crippen LogP contribution in [0.3, 0.4) is 0 Å². The molecule has 0 unspecified atom stereocenters. The first-order valence-electron chi connectivity index (χ1n) is 4.71. The Labute approximate surface area is 79.9 Å². The lowest BCUT2D eigenvalue weighted by molar-refractivity contribution is -0.126. The van der Waals surface area contributed by atoms with Crippen LogP contribution in [0.15, 0.2) is 23.3 Å². The summed E-state index contributed by atoms with van der Waals surface area (Å²) < 4.78 is 0. The normalized spacial score (nSPS) is 15.8. The zero-order valence-corrected chi connectivity index (χ0v) is 8.63. The van der Waals surface area contributed by atoms with E-state index in [4.69, 9.17) is 0 Å². The van der Waals surface area contributed by atoms with Crippen LogP contribution in [0.4, 0.5) is 0 Å². The lowest BCUT2D eigenvalue weighted by Gasteiger charge is -2.24. The summed E-state index contributed by atoms with van der Waals surface area (Å²) in [5.41, 5.74) is 2.00. The second kappa shape index (κ2) is 4.26. The fraction of sp³-hybridized carbons (Fsp3) is 0.545. The van der Waals surface area contributed by atoms with Crippen LogP contribution < -0.4 is 0 Å². The molecule has 72 valence electrons. The van der Waals surface area contributed by atoms with Crippen LogP contribution in [-0.2, 0) is 4.79 Å². The van der Waals surface area contributed by atoms with Crippen molar-refractivity contribution in [2.24, 2.45) is 0 Å². The van der Waals surface area contributed by atoms with Crippen LogP contribution in [0, 0.1) is 0 Å². The Morgan fingerprint density at radius 2 is 1.92 bits per heavy atom. The maximum absolute atomic E-state index is 11.8. The maximum atomic E-state index is 11.8. The Morgan fingerprint density at radius 3 is 2.38 bits per heavy atom. The van der Waals surface area contributed by atoms with Crippen LogP contribution in [0.5, 0.6) is 0 Å². The summed E-state index contributed by atoms with van der Waals surface area (Å²) in [5, 5.41) is 0. The number of hydrogen-bond donors (Lipinski definition) is 0. The van der Waals surface area contributed by atoms with Gasteiger partial charge in [0, 0.05) is 18.7 Å². The molecule has 2 heteroatoms. The van der Waals surface area contributed by atoms with Gasteiger partial charge in [0.25, 0.3) is 0 Å². The minimum atomic E-state index is 0.185. The van der Waals surface area contributed by atoms with Gasteiger partial charge in [0.15, 0.2) is 0 Å². The molecule has 0 radical (unpaired) electrons. The molecular weight excluding hydrogens is 162 g/mol. The maximum Gasteiger partial charge on any atom is 0.249 e. The van der Waals surface area contributed by atoms with Crippen LogP contribution in [-0.4, -0.2) is 23.9 Å². The van der Waals surface area contributed by atoms with Gasteiger partial charge in [-0.05, 0) is 27.2 Å². The monoisotopic (exact) mass is 179 g/mol. The van der Waals surface area contributed by atoms with Crippen molar-refractivity contribution in [2.75, 3.05) is 13.1 Å². The van der Waals surface area contributed by atoms with Gasteiger partial charge in [-0.25, -0.2) is 0 Å². The van der Waals surface area contributed by atoms with Gasteiger partial charge in [0.2, 0.25) is 5.91 Å². The molecule has 0 saturated heterocycles. The molecule has 1 amide bonds. The average Bonchev–Trinajstić information content (AvgIpc) is 2.17. The van der Waals surface area contributed by atoms with E-state index < -0.39 is 0 Å². The van der Waals surface area contributed by atoms with Gasteiger partial charge in [0.05, 0.1) is 0 Å². The first-order chi connectivity index (χ1) is 6.13. The van der Waals surface area contributed by atoms with E-state index in [9.17, 15) is 4.79 Å². The van der Waals surface area contributed by atoms with E-state index in [1.54, 1.807) is 0 Å². The molecule has 2 nitrogen and oxygen atoms in total. The molecule has 0 bridgehead atoms. The van der Waals surface area contributed by atoms with Gasteiger partial charge in [-0.2, -0.15) is 0 Å². The van der Waals surface area contributed by atoms with E-state index in [2.05, 4.69) is 12.2 Å². The zero-order chi connectivity index (χ0) is 9.84. The Kier molecular flexibility index (Phi) is 3.29. The zero-order valence-electron chi connectivity index (χ0n) is 8.63. The molecule has 0 saturated carbocycles. The molecular formula is C11H17NO. The third kappa shape index (κ3) is 2.44. The van der Waals surface area contributed by atoms with Crippen molar-refractivity contribution in [1.29, 1.82) is 0 Å². The molecule has 1 aliphatic heterocycles. The molecule has 0 aromatic carbocycles. The second-order valence-corrected chi connectivity index (χ2v) is 3.64. The van der Waals surface area contributed by atoms with Crippen LogP contribution in [0.25, 0.3) is 0 Å². The number of carbonyl (C=O) groups excluding carboxylic acids is 1. The van der Waals surface area contributed by atoms with E-state index >= 15 is 0 Å². The van der Waals surface area contributed by atoms with Gasteiger partial charge >= 0.3 is 0 Å². The molecule has 0 spiro atoms. The summed E-state index contributed by atoms with van der Waals surface area (Å²) in [4.78, 5) is 13.7. The SMILES string of the molecule is CC(C)=C(C)C(=O)N1CC=CCC1. The van der Waals surface area contributed by atoms with Crippen LogP contribution >= 0.6 is 0 Å². The summed E-state index contributed by atoms with van der Waals surface area (Å²) in [6.45, 7) is 7.49. The highest BCUT2D eigenvalue weighted by Gasteiger charge is 2.15. The summed E-state index contributed by atoms with van der Waals surface area (Å²) in [6.07, 6.45) is 5.17. The fourth-order valence-electron chi connectivity index (χ4n) is 1.28. The number of allylic oxidation sites excluding steroid dienone is 1. The molecule has 0 N–H and O–H groups in total. The number of nitrogens with zero attached hydrogens (tertiary/aromatic N) is 1. The summed E-state index contributed by atoms with van der Waals surface area (Å²) in [5.74, 6) is 0.185. The van der Waals surface area contributed by atoms with Crippen LogP contribution in [0.2, 0.25) is 0 Å². The molecule has 0 atom stereocenters. The van der Waals surface area contributed by atoms with Gasteiger partial charge in [-0.15, -0.1) is 0 Å². The largest absolute Gasteiger partial charge is 0.335 e. The van der Waals surface area contributed by atoms with Crippen molar-refractivity contribution >= 4 is 5.91 Å². The minimum absolute atomic E-state index is 0.185. The molecule has 0 aromatic rings. The third-order valence-electron chi connectivity index (χ3n) is 2.42. The van der Waals surface area contributed by atoms with Gasteiger partial charge in [-0.1, -0.05) is 17.7 Å². The average molecular weight is 179 g/mol. The van der Waals surface area contributed by atoms with E-state index in [0.29, 0.717) is 0 Å². The van der Waals surface area contributed by atoms with Crippen molar-refractivity contribution in [3.8, 4) is 0 Å². The van der Waals surface area contributed by atoms with E-state index in [1.807, 2.05) is 25.7 Å². The molecule has 0 aliphatic carbocycles. The molecule has 1 heterocycles. The predicted octanol–water partition coefficient (Wildman–Crippen LogP) is 2.13. The van der Waals surface area contributed by atoms with Crippen molar-refractivity contribution in [3.63, 3.8) is 0 Å². The van der Waals surface area contributed by atoms with E-state index in [0.717, 1.165) is 30.7 Å². The number of rotatable bonds is 1. The van der Waals surface area contributed by atoms with Crippen LogP contribution in [0.1, 0.15) is 27.2 Å². The van der Waals surface area contributed by atoms with E-state index in [1.165, 1.54) is 0 Å². The first-order valence-corrected chi connectivity index (χ1v) is 4.71. The number of carbonyl (C=O) groups is 1. The highest BCUT2D eigenvalue weighted by Crippen LogP contribution is 2.10. The Balaban J connectivity index is 2.68. The summed E-state index contributed by atoms with van der Waals surface area (Å²) in [6, 6.07) is 0. The van der Waals surface area contributed by atoms with Crippen molar-refractivity contribution in [3.05, 3.63) is 23.3 Å². The Morgan fingerprint density at radius 1 is 1.23 bits per heavy atom. The smallest absolute Gasteiger partial charge is 0.249 e. The lowest BCUT2D eigenvalue weighted by atomic mass is 10.1. The highest BCUT2D eigenvalue weighted by molar-refractivity contribution is 5.93. The van der Waals surface area contributed by atoms with E-state index in [-0.39, 0.29) is 5.91 Å². The molecule has 13 heavy (non-hydrogen) atoms. The quantitative estimate of drug-likeness (QED) is 0.446. The molecule has 1 rings (SSSR count). The highest BCUT2D eigenvalue weighted by atomic mass is 16.2. The molecule has 0 fully saturated rings. The van der Waals surface area contributed by atoms with Gasteiger partial charge in [0.1, 0.15) is 0 Å². The van der Waals surface area contributed by atoms with Crippen molar-refractivity contribution in [2.45, 2.75) is 27.2 Å². The molecule has 0 aromatic heterocycles. The second-order valence-electron chi connectivity index (χ2n) is 3.64. The topological polar surface area (TPSA) is 20.3 Å². The Bertz CT molecular complexity index is 259. The van der Waals surface area contributed by atoms with Gasteiger partial charge in [-0.3, -0.25) is 4.79 Å². The number of amides is 1. The minimum Gasteiger partial charge on any atom is -0.335 e. The number of hydrogen-bond acceptors (Lipinski definition) is 1. The summed E-state index contributed by atoms with van der Waals surface area (Å²) in [7, 11) is 0. The Hall–Kier alpha value is -1.05.